The molecule has 0 unspecified atom stereocenters. The number of nitrogens with one attached hydrogen (secondary N) is 1. The monoisotopic (exact) mass is 416 g/mol. The predicted octanol–water partition coefficient (Wildman–Crippen LogP) is 2.76. The normalized spacial score (nSPS) is 11.4. The van der Waals surface area contributed by atoms with Gasteiger partial charge in [0.1, 0.15) is 4.88 Å². The quantitative estimate of drug-likeness (QED) is 0.731. The number of amides is 1. The van der Waals surface area contributed by atoms with Crippen LogP contribution in [0.2, 0.25) is 4.34 Å². The Bertz CT molecular complexity index is 938. The molecule has 0 bridgehead atoms. The Kier molecular flexibility index (Phi) is 6.40. The van der Waals surface area contributed by atoms with Crippen LogP contribution >= 0.6 is 22.9 Å². The molecule has 0 radical (unpaired) electrons. The highest BCUT2D eigenvalue weighted by Crippen LogP contribution is 2.23. The van der Waals surface area contributed by atoms with Gasteiger partial charge in [0.2, 0.25) is 10.0 Å². The minimum atomic E-state index is -3.63. The van der Waals surface area contributed by atoms with Gasteiger partial charge in [-0.25, -0.2) is 17.5 Å². The van der Waals surface area contributed by atoms with E-state index in [0.29, 0.717) is 15.6 Å². The van der Waals surface area contributed by atoms with Crippen molar-refractivity contribution in [2.45, 2.75) is 11.8 Å². The Labute approximate surface area is 160 Å². The number of nitrogens with zero attached hydrogens (tertiary/aromatic N) is 1. The molecule has 10 heteroatoms. The van der Waals surface area contributed by atoms with Crippen molar-refractivity contribution in [1.29, 1.82) is 0 Å². The van der Waals surface area contributed by atoms with Gasteiger partial charge in [0.05, 0.1) is 9.23 Å². The zero-order valence-electron chi connectivity index (χ0n) is 14.3. The molecule has 0 fully saturated rings. The summed E-state index contributed by atoms with van der Waals surface area (Å²) in [7, 11) is -0.785. The maximum Gasteiger partial charge on any atom is 0.348 e. The van der Waals surface area contributed by atoms with Crippen molar-refractivity contribution in [2.24, 2.45) is 0 Å². The zero-order valence-corrected chi connectivity index (χ0v) is 16.7. The van der Waals surface area contributed by atoms with Gasteiger partial charge in [0.15, 0.2) is 6.61 Å². The fraction of sp³-hybridized carbons (Fsp3) is 0.250. The van der Waals surface area contributed by atoms with Crippen molar-refractivity contribution in [3.05, 3.63) is 45.1 Å². The molecule has 140 valence electrons. The first-order valence-electron chi connectivity index (χ1n) is 7.37. The maximum absolute atomic E-state index is 12.2. The summed E-state index contributed by atoms with van der Waals surface area (Å²) >= 11 is 6.79. The highest BCUT2D eigenvalue weighted by Gasteiger charge is 2.19. The number of carbonyl (C=O) groups excluding carboxylic acids is 2. The molecule has 1 aromatic carbocycles. The summed E-state index contributed by atoms with van der Waals surface area (Å²) in [4.78, 5) is 24.2. The van der Waals surface area contributed by atoms with Gasteiger partial charge >= 0.3 is 5.97 Å². The fourth-order valence-corrected chi connectivity index (χ4v) is 3.78. The summed E-state index contributed by atoms with van der Waals surface area (Å²) in [6.45, 7) is 1.22. The van der Waals surface area contributed by atoms with Gasteiger partial charge < -0.3 is 10.1 Å². The summed E-state index contributed by atoms with van der Waals surface area (Å²) in [5, 5.41) is 2.55. The molecule has 0 atom stereocenters. The molecular weight excluding hydrogens is 400 g/mol. The topological polar surface area (TPSA) is 92.8 Å². The minimum absolute atomic E-state index is 0.0497. The van der Waals surface area contributed by atoms with E-state index in [2.05, 4.69) is 5.32 Å². The van der Waals surface area contributed by atoms with E-state index in [1.165, 1.54) is 32.3 Å². The van der Waals surface area contributed by atoms with E-state index >= 15 is 0 Å². The van der Waals surface area contributed by atoms with Crippen molar-refractivity contribution >= 4 is 50.5 Å². The summed E-state index contributed by atoms with van der Waals surface area (Å²) in [5.41, 5.74) is 1.00. The highest BCUT2D eigenvalue weighted by molar-refractivity contribution is 7.89. The minimum Gasteiger partial charge on any atom is -0.451 e. The van der Waals surface area contributed by atoms with E-state index < -0.39 is 28.5 Å². The Hall–Kier alpha value is -1.94. The molecule has 2 rings (SSSR count). The SMILES string of the molecule is Cc1ccc(S(=O)(=O)N(C)C)cc1NC(=O)COC(=O)c1ccc(Cl)s1. The molecule has 1 aromatic heterocycles. The molecule has 2 aromatic rings. The first kappa shape index (κ1) is 20.4. The lowest BCUT2D eigenvalue weighted by atomic mass is 10.2. The third kappa shape index (κ3) is 4.82. The van der Waals surface area contributed by atoms with Crippen molar-refractivity contribution in [1.82, 2.24) is 4.31 Å². The lowest BCUT2D eigenvalue weighted by Gasteiger charge is -2.14. The van der Waals surface area contributed by atoms with E-state index in [9.17, 15) is 18.0 Å². The molecule has 0 aliphatic rings. The molecular formula is C16H17ClN2O5S2. The number of thiophene rings is 1. The Morgan fingerprint density at radius 2 is 1.92 bits per heavy atom. The number of anilines is 1. The number of carbonyl (C=O) groups is 2. The molecule has 1 heterocycles. The van der Waals surface area contributed by atoms with Crippen LogP contribution in [0, 0.1) is 6.92 Å². The maximum atomic E-state index is 12.2. The van der Waals surface area contributed by atoms with Crippen LogP contribution in [0.25, 0.3) is 0 Å². The second kappa shape index (κ2) is 8.17. The summed E-state index contributed by atoms with van der Waals surface area (Å²) in [6.07, 6.45) is 0. The standard InChI is InChI=1S/C16H17ClN2O5S2/c1-10-4-5-11(26(22,23)19(2)3)8-12(10)18-15(20)9-24-16(21)13-6-7-14(17)25-13/h4-8H,9H2,1-3H3,(H,18,20). The number of hydrogen-bond acceptors (Lipinski definition) is 6. The van der Waals surface area contributed by atoms with E-state index in [1.54, 1.807) is 19.1 Å². The second-order valence-electron chi connectivity index (χ2n) is 5.49. The van der Waals surface area contributed by atoms with Gasteiger partial charge in [-0.1, -0.05) is 17.7 Å². The molecule has 1 N–H and O–H groups in total. The lowest BCUT2D eigenvalue weighted by Crippen LogP contribution is -2.23. The first-order valence-corrected chi connectivity index (χ1v) is 10.00. The van der Waals surface area contributed by atoms with Crippen molar-refractivity contribution < 1.29 is 22.7 Å². The van der Waals surface area contributed by atoms with Gasteiger partial charge in [-0.3, -0.25) is 4.79 Å². The van der Waals surface area contributed by atoms with Crippen molar-refractivity contribution in [3.8, 4) is 0 Å². The van der Waals surface area contributed by atoms with Crippen LogP contribution in [0.4, 0.5) is 5.69 Å². The molecule has 0 saturated carbocycles. The van der Waals surface area contributed by atoms with Gasteiger partial charge in [-0.15, -0.1) is 11.3 Å². The number of sulfonamides is 1. The van der Waals surface area contributed by atoms with Crippen molar-refractivity contribution in [3.63, 3.8) is 0 Å². The molecule has 26 heavy (non-hydrogen) atoms. The van der Waals surface area contributed by atoms with Gasteiger partial charge in [-0.05, 0) is 36.8 Å². The van der Waals surface area contributed by atoms with E-state index in [0.717, 1.165) is 15.6 Å². The number of halogens is 1. The molecule has 0 aliphatic carbocycles. The Balaban J connectivity index is 2.05. The van der Waals surface area contributed by atoms with Crippen LogP contribution in [-0.4, -0.2) is 45.3 Å². The fourth-order valence-electron chi connectivity index (χ4n) is 1.92. The second-order valence-corrected chi connectivity index (χ2v) is 9.36. The molecule has 0 aliphatic heterocycles. The smallest absolute Gasteiger partial charge is 0.348 e. The first-order chi connectivity index (χ1) is 12.1. The van der Waals surface area contributed by atoms with E-state index in [4.69, 9.17) is 16.3 Å². The molecule has 1 amide bonds. The Morgan fingerprint density at radius 1 is 1.23 bits per heavy atom. The van der Waals surface area contributed by atoms with Crippen LogP contribution in [0.15, 0.2) is 35.2 Å². The number of hydrogen-bond donors (Lipinski definition) is 1. The third-order valence-corrected chi connectivity index (χ3v) is 6.39. The lowest BCUT2D eigenvalue weighted by molar-refractivity contribution is -0.119. The summed E-state index contributed by atoms with van der Waals surface area (Å²) in [5.74, 6) is -1.23. The summed E-state index contributed by atoms with van der Waals surface area (Å²) < 4.78 is 30.8. The molecule has 0 saturated heterocycles. The van der Waals surface area contributed by atoms with Gasteiger partial charge in [-0.2, -0.15) is 0 Å². The largest absolute Gasteiger partial charge is 0.451 e. The van der Waals surface area contributed by atoms with E-state index in [1.807, 2.05) is 0 Å². The number of ether oxygens (including phenoxy) is 1. The summed E-state index contributed by atoms with van der Waals surface area (Å²) in [6, 6.07) is 7.48. The average Bonchev–Trinajstić information content (AvgIpc) is 3.01. The molecule has 7 nitrogen and oxygen atoms in total. The number of esters is 1. The number of benzene rings is 1. The number of rotatable bonds is 6. The van der Waals surface area contributed by atoms with Crippen molar-refractivity contribution in [2.75, 3.05) is 26.0 Å². The van der Waals surface area contributed by atoms with Crippen LogP contribution < -0.4 is 5.32 Å². The van der Waals surface area contributed by atoms with Crippen LogP contribution in [-0.2, 0) is 19.6 Å². The van der Waals surface area contributed by atoms with Gasteiger partial charge in [0, 0.05) is 19.8 Å². The van der Waals surface area contributed by atoms with Crippen LogP contribution in [0.5, 0.6) is 0 Å². The number of aryl methyl sites for hydroxylation is 1. The Morgan fingerprint density at radius 3 is 2.50 bits per heavy atom. The average molecular weight is 417 g/mol. The third-order valence-electron chi connectivity index (χ3n) is 3.37. The zero-order chi connectivity index (χ0) is 19.5. The van der Waals surface area contributed by atoms with Crippen LogP contribution in [0.1, 0.15) is 15.2 Å². The van der Waals surface area contributed by atoms with Crippen LogP contribution in [0.3, 0.4) is 0 Å². The van der Waals surface area contributed by atoms with E-state index in [-0.39, 0.29) is 9.77 Å². The molecule has 0 spiro atoms. The van der Waals surface area contributed by atoms with Gasteiger partial charge in [0.25, 0.3) is 5.91 Å². The highest BCUT2D eigenvalue weighted by atomic mass is 35.5. The predicted molar refractivity (Wildman–Crippen MR) is 100 cm³/mol.